The molecule has 0 atom stereocenters. The number of ether oxygens (including phenoxy) is 1. The minimum atomic E-state index is -0.0986. The molecule has 1 aromatic carbocycles. The molecule has 0 radical (unpaired) electrons. The molecule has 24 heavy (non-hydrogen) atoms. The monoisotopic (exact) mass is 329 g/mol. The average molecular weight is 329 g/mol. The molecule has 6 heteroatoms. The SMILES string of the molecule is CC(=O)NCCNc1nc2ccc(OCC3CC3)cc2cc1CO. The number of nitrogens with zero attached hydrogens (tertiary/aromatic N) is 1. The summed E-state index contributed by atoms with van der Waals surface area (Å²) in [7, 11) is 0. The number of anilines is 1. The zero-order valence-electron chi connectivity index (χ0n) is 13.8. The molecule has 1 saturated carbocycles. The van der Waals surface area contributed by atoms with Crippen molar-refractivity contribution in [2.45, 2.75) is 26.4 Å². The van der Waals surface area contributed by atoms with E-state index in [0.29, 0.717) is 24.8 Å². The van der Waals surface area contributed by atoms with Crippen LogP contribution in [-0.4, -0.2) is 35.7 Å². The highest BCUT2D eigenvalue weighted by Crippen LogP contribution is 2.30. The van der Waals surface area contributed by atoms with Gasteiger partial charge in [0.2, 0.25) is 5.91 Å². The number of carbonyl (C=O) groups excluding carboxylic acids is 1. The first kappa shape index (κ1) is 16.5. The number of aliphatic hydroxyl groups excluding tert-OH is 1. The van der Waals surface area contributed by atoms with Crippen molar-refractivity contribution in [1.29, 1.82) is 0 Å². The van der Waals surface area contributed by atoms with Crippen molar-refractivity contribution >= 4 is 22.6 Å². The molecule has 6 nitrogen and oxygen atoms in total. The highest BCUT2D eigenvalue weighted by Gasteiger charge is 2.21. The number of nitrogens with one attached hydrogen (secondary N) is 2. The number of pyridine rings is 1. The van der Waals surface area contributed by atoms with Crippen LogP contribution >= 0.6 is 0 Å². The van der Waals surface area contributed by atoms with E-state index >= 15 is 0 Å². The molecule has 1 aromatic heterocycles. The van der Waals surface area contributed by atoms with Crippen molar-refractivity contribution in [3.63, 3.8) is 0 Å². The lowest BCUT2D eigenvalue weighted by molar-refractivity contribution is -0.118. The van der Waals surface area contributed by atoms with Gasteiger partial charge >= 0.3 is 0 Å². The summed E-state index contributed by atoms with van der Waals surface area (Å²) in [5.41, 5.74) is 1.57. The number of amides is 1. The van der Waals surface area contributed by atoms with Gasteiger partial charge in [0.05, 0.1) is 18.7 Å². The minimum Gasteiger partial charge on any atom is -0.493 e. The first-order valence-electron chi connectivity index (χ1n) is 8.31. The molecule has 0 bridgehead atoms. The van der Waals surface area contributed by atoms with Gasteiger partial charge in [0, 0.05) is 31.0 Å². The molecule has 1 fully saturated rings. The predicted octanol–water partition coefficient (Wildman–Crippen LogP) is 2.06. The Morgan fingerprint density at radius 1 is 1.33 bits per heavy atom. The second-order valence-electron chi connectivity index (χ2n) is 6.17. The number of aliphatic hydroxyl groups is 1. The van der Waals surface area contributed by atoms with Crippen molar-refractivity contribution in [3.05, 3.63) is 29.8 Å². The van der Waals surface area contributed by atoms with Gasteiger partial charge in [-0.05, 0) is 43.0 Å². The molecule has 1 aliphatic rings. The van der Waals surface area contributed by atoms with Crippen LogP contribution in [0.15, 0.2) is 24.3 Å². The highest BCUT2D eigenvalue weighted by molar-refractivity contribution is 5.83. The van der Waals surface area contributed by atoms with Crippen molar-refractivity contribution in [2.75, 3.05) is 25.0 Å². The molecular weight excluding hydrogens is 306 g/mol. The minimum absolute atomic E-state index is 0.0654. The third-order valence-electron chi connectivity index (χ3n) is 4.01. The molecule has 1 amide bonds. The first-order valence-corrected chi connectivity index (χ1v) is 8.31. The number of aromatic nitrogens is 1. The van der Waals surface area contributed by atoms with Crippen molar-refractivity contribution in [1.82, 2.24) is 10.3 Å². The maximum absolute atomic E-state index is 10.9. The number of hydrogen-bond acceptors (Lipinski definition) is 5. The third kappa shape index (κ3) is 4.35. The second-order valence-corrected chi connectivity index (χ2v) is 6.17. The zero-order chi connectivity index (χ0) is 16.9. The Hall–Kier alpha value is -2.34. The highest BCUT2D eigenvalue weighted by atomic mass is 16.5. The quantitative estimate of drug-likeness (QED) is 0.646. The van der Waals surface area contributed by atoms with E-state index in [1.807, 2.05) is 24.3 Å². The zero-order valence-corrected chi connectivity index (χ0v) is 13.8. The summed E-state index contributed by atoms with van der Waals surface area (Å²) in [5.74, 6) is 2.12. The van der Waals surface area contributed by atoms with E-state index in [-0.39, 0.29) is 12.5 Å². The van der Waals surface area contributed by atoms with Gasteiger partial charge in [0.1, 0.15) is 11.6 Å². The summed E-state index contributed by atoms with van der Waals surface area (Å²) in [5, 5.41) is 16.4. The Morgan fingerprint density at radius 2 is 2.17 bits per heavy atom. The lowest BCUT2D eigenvalue weighted by Gasteiger charge is -2.12. The molecule has 128 valence electrons. The largest absolute Gasteiger partial charge is 0.493 e. The van der Waals surface area contributed by atoms with Gasteiger partial charge in [-0.1, -0.05) is 0 Å². The standard InChI is InChI=1S/C18H23N3O3/c1-12(23)19-6-7-20-18-15(10-22)8-14-9-16(4-5-17(14)21-18)24-11-13-2-3-13/h4-5,8-9,13,22H,2-3,6-7,10-11H2,1H3,(H,19,23)(H,20,21). The second kappa shape index (κ2) is 7.49. The summed E-state index contributed by atoms with van der Waals surface area (Å²) in [6.07, 6.45) is 2.52. The lowest BCUT2D eigenvalue weighted by atomic mass is 10.1. The van der Waals surface area contributed by atoms with Crippen molar-refractivity contribution < 1.29 is 14.6 Å². The molecular formula is C18H23N3O3. The predicted molar refractivity (Wildman–Crippen MR) is 93.1 cm³/mol. The van der Waals surface area contributed by atoms with Crippen LogP contribution in [0.3, 0.4) is 0 Å². The van der Waals surface area contributed by atoms with E-state index < -0.39 is 0 Å². The van der Waals surface area contributed by atoms with E-state index in [0.717, 1.165) is 28.8 Å². The number of hydrogen-bond donors (Lipinski definition) is 3. The fourth-order valence-electron chi connectivity index (χ4n) is 2.48. The molecule has 0 aliphatic heterocycles. The number of rotatable bonds is 8. The topological polar surface area (TPSA) is 83.5 Å². The van der Waals surface area contributed by atoms with Crippen LogP contribution in [0, 0.1) is 5.92 Å². The summed E-state index contributed by atoms with van der Waals surface area (Å²) in [6, 6.07) is 7.74. The first-order chi connectivity index (χ1) is 11.7. The average Bonchev–Trinajstić information content (AvgIpc) is 3.40. The third-order valence-corrected chi connectivity index (χ3v) is 4.01. The Balaban J connectivity index is 1.72. The van der Waals surface area contributed by atoms with Crippen molar-refractivity contribution in [2.24, 2.45) is 5.92 Å². The van der Waals surface area contributed by atoms with Gasteiger partial charge in [-0.25, -0.2) is 4.98 Å². The molecule has 0 unspecified atom stereocenters. The molecule has 1 aliphatic carbocycles. The molecule has 3 rings (SSSR count). The summed E-state index contributed by atoms with van der Waals surface area (Å²) < 4.78 is 5.80. The normalized spacial score (nSPS) is 13.8. The maximum atomic E-state index is 10.9. The van der Waals surface area contributed by atoms with Gasteiger partial charge in [-0.2, -0.15) is 0 Å². The number of carbonyl (C=O) groups is 1. The lowest BCUT2D eigenvalue weighted by Crippen LogP contribution is -2.26. The van der Waals surface area contributed by atoms with E-state index in [4.69, 9.17) is 4.74 Å². The van der Waals surface area contributed by atoms with Gasteiger partial charge in [-0.15, -0.1) is 0 Å². The van der Waals surface area contributed by atoms with E-state index in [9.17, 15) is 9.90 Å². The van der Waals surface area contributed by atoms with Gasteiger partial charge in [-0.3, -0.25) is 4.79 Å². The molecule has 0 spiro atoms. The number of benzene rings is 1. The van der Waals surface area contributed by atoms with Crippen LogP contribution in [0.1, 0.15) is 25.3 Å². The Labute approximate surface area is 141 Å². The van der Waals surface area contributed by atoms with Crippen LogP contribution in [0.4, 0.5) is 5.82 Å². The molecule has 3 N–H and O–H groups in total. The Kier molecular flexibility index (Phi) is 5.15. The van der Waals surface area contributed by atoms with Crippen molar-refractivity contribution in [3.8, 4) is 5.75 Å². The summed E-state index contributed by atoms with van der Waals surface area (Å²) >= 11 is 0. The van der Waals surface area contributed by atoms with Crippen LogP contribution in [0.5, 0.6) is 5.75 Å². The molecule has 0 saturated heterocycles. The van der Waals surface area contributed by atoms with E-state index in [1.54, 1.807) is 0 Å². The Morgan fingerprint density at radius 3 is 2.88 bits per heavy atom. The molecule has 2 aromatic rings. The van der Waals surface area contributed by atoms with Gasteiger partial charge < -0.3 is 20.5 Å². The fraction of sp³-hybridized carbons (Fsp3) is 0.444. The van der Waals surface area contributed by atoms with Crippen LogP contribution < -0.4 is 15.4 Å². The number of fused-ring (bicyclic) bond motifs is 1. The van der Waals surface area contributed by atoms with E-state index in [1.165, 1.54) is 19.8 Å². The summed E-state index contributed by atoms with van der Waals surface area (Å²) in [6.45, 7) is 3.21. The summed E-state index contributed by atoms with van der Waals surface area (Å²) in [4.78, 5) is 15.4. The van der Waals surface area contributed by atoms with Crippen LogP contribution in [0.2, 0.25) is 0 Å². The fourth-order valence-corrected chi connectivity index (χ4v) is 2.48. The van der Waals surface area contributed by atoms with Gasteiger partial charge in [0.25, 0.3) is 0 Å². The van der Waals surface area contributed by atoms with Crippen LogP contribution in [-0.2, 0) is 11.4 Å². The molecule has 1 heterocycles. The smallest absolute Gasteiger partial charge is 0.216 e. The van der Waals surface area contributed by atoms with Gasteiger partial charge in [0.15, 0.2) is 0 Å². The van der Waals surface area contributed by atoms with Crippen LogP contribution in [0.25, 0.3) is 10.9 Å². The Bertz CT molecular complexity index is 729. The maximum Gasteiger partial charge on any atom is 0.216 e. The van der Waals surface area contributed by atoms with E-state index in [2.05, 4.69) is 15.6 Å².